The highest BCUT2D eigenvalue weighted by Crippen LogP contribution is 2.32. The topological polar surface area (TPSA) is 119 Å². The lowest BCUT2D eigenvalue weighted by atomic mass is 9.92. The molecule has 9 heteroatoms. The van der Waals surface area contributed by atoms with Crippen LogP contribution in [0.1, 0.15) is 66.5 Å². The first-order valence-corrected chi connectivity index (χ1v) is 11.3. The number of rotatable bonds is 6. The predicted octanol–water partition coefficient (Wildman–Crippen LogP) is 2.67. The van der Waals surface area contributed by atoms with Gasteiger partial charge in [-0.25, -0.2) is 8.42 Å². The molecule has 28 heavy (non-hydrogen) atoms. The van der Waals surface area contributed by atoms with Gasteiger partial charge in [0, 0.05) is 31.3 Å². The smallest absolute Gasteiger partial charge is 0.248 e. The second-order valence-corrected chi connectivity index (χ2v) is 10.5. The molecule has 1 saturated heterocycles. The van der Waals surface area contributed by atoms with Gasteiger partial charge in [-0.15, -0.1) is 0 Å². The summed E-state index contributed by atoms with van der Waals surface area (Å²) in [6.07, 6.45) is 0.485. The number of ether oxygens (including phenoxy) is 1. The minimum Gasteiger partial charge on any atom is -0.396 e. The number of hydrogen-bond donors (Lipinski definition) is 2. The molecule has 0 saturated carbocycles. The van der Waals surface area contributed by atoms with Gasteiger partial charge in [0.25, 0.3) is 0 Å². The Labute approximate surface area is 167 Å². The number of aromatic nitrogens is 1. The van der Waals surface area contributed by atoms with Crippen LogP contribution in [0.5, 0.6) is 0 Å². The van der Waals surface area contributed by atoms with Gasteiger partial charge in [0.05, 0.1) is 10.9 Å². The van der Waals surface area contributed by atoms with Crippen molar-refractivity contribution in [2.75, 3.05) is 25.1 Å². The fraction of sp³-hybridized carbons (Fsp3) is 0.789. The maximum absolute atomic E-state index is 13.1. The summed E-state index contributed by atoms with van der Waals surface area (Å²) in [4.78, 5) is 12.9. The highest BCUT2D eigenvalue weighted by molar-refractivity contribution is 7.94. The van der Waals surface area contributed by atoms with Crippen LogP contribution in [0.2, 0.25) is 0 Å². The number of hydrogen-bond acceptors (Lipinski definition) is 7. The van der Waals surface area contributed by atoms with Crippen molar-refractivity contribution in [3.05, 3.63) is 11.8 Å². The SMILES string of the molecule is CC.CC(C)(C)c1cc(NC(=O)C(C)(CCO)S(=O)(=O)C2CCOCC2)on1. The summed E-state index contributed by atoms with van der Waals surface area (Å²) in [5.41, 5.74) is 0.374. The predicted molar refractivity (Wildman–Crippen MR) is 108 cm³/mol. The third-order valence-corrected chi connectivity index (χ3v) is 7.81. The van der Waals surface area contributed by atoms with E-state index in [2.05, 4.69) is 10.5 Å². The summed E-state index contributed by atoms with van der Waals surface area (Å²) >= 11 is 0. The van der Waals surface area contributed by atoms with Crippen molar-refractivity contribution in [1.82, 2.24) is 5.16 Å². The molecule has 0 aliphatic carbocycles. The standard InChI is InChI=1S/C17H28N2O6S.C2H6/c1-16(2,3)13-11-14(25-19-13)18-15(21)17(4,7-8-20)26(22,23)12-5-9-24-10-6-12;1-2/h11-12,20H,5-10H2,1-4H3,(H,18,21);1-2H3. The first kappa shape index (κ1) is 24.6. The van der Waals surface area contributed by atoms with Crippen molar-refractivity contribution >= 4 is 21.6 Å². The molecule has 1 unspecified atom stereocenters. The second-order valence-electron chi connectivity index (χ2n) is 7.84. The Balaban J connectivity index is 0.00000190. The van der Waals surface area contributed by atoms with E-state index >= 15 is 0 Å². The molecule has 162 valence electrons. The third-order valence-electron chi connectivity index (χ3n) is 4.82. The number of nitrogens with one attached hydrogen (secondary N) is 1. The van der Waals surface area contributed by atoms with Gasteiger partial charge in [-0.2, -0.15) is 0 Å². The zero-order chi connectivity index (χ0) is 21.6. The lowest BCUT2D eigenvalue weighted by molar-refractivity contribution is -0.118. The van der Waals surface area contributed by atoms with Gasteiger partial charge >= 0.3 is 0 Å². The fourth-order valence-corrected chi connectivity index (χ4v) is 5.12. The molecule has 0 radical (unpaired) electrons. The molecule has 0 aromatic carbocycles. The molecule has 0 spiro atoms. The van der Waals surface area contributed by atoms with Crippen LogP contribution in [0, 0.1) is 0 Å². The normalized spacial score (nSPS) is 18.0. The van der Waals surface area contributed by atoms with Crippen molar-refractivity contribution in [2.24, 2.45) is 0 Å². The van der Waals surface area contributed by atoms with E-state index < -0.39 is 32.3 Å². The van der Waals surface area contributed by atoms with Gasteiger partial charge in [-0.3, -0.25) is 10.1 Å². The van der Waals surface area contributed by atoms with Crippen LogP contribution < -0.4 is 5.32 Å². The number of anilines is 1. The Morgan fingerprint density at radius 2 is 1.82 bits per heavy atom. The Morgan fingerprint density at radius 3 is 2.29 bits per heavy atom. The van der Waals surface area contributed by atoms with Crippen molar-refractivity contribution in [1.29, 1.82) is 0 Å². The molecular formula is C19H34N2O6S. The summed E-state index contributed by atoms with van der Waals surface area (Å²) in [5.74, 6) is -0.638. The first-order valence-electron chi connectivity index (χ1n) is 9.73. The molecule has 1 aromatic heterocycles. The molecule has 2 heterocycles. The zero-order valence-corrected chi connectivity index (χ0v) is 18.6. The van der Waals surface area contributed by atoms with Crippen molar-refractivity contribution in [3.8, 4) is 0 Å². The number of carbonyl (C=O) groups excluding carboxylic acids is 1. The Kier molecular flexibility index (Phi) is 8.64. The van der Waals surface area contributed by atoms with E-state index in [0.29, 0.717) is 31.7 Å². The minimum absolute atomic E-state index is 0.0891. The van der Waals surface area contributed by atoms with Crippen LogP contribution in [0.15, 0.2) is 10.6 Å². The van der Waals surface area contributed by atoms with Gasteiger partial charge in [-0.1, -0.05) is 39.8 Å². The summed E-state index contributed by atoms with van der Waals surface area (Å²) in [7, 11) is -3.84. The number of aliphatic hydroxyl groups excluding tert-OH is 1. The van der Waals surface area contributed by atoms with Crippen LogP contribution >= 0.6 is 0 Å². The number of amides is 1. The van der Waals surface area contributed by atoms with Crippen molar-refractivity contribution in [2.45, 2.75) is 76.2 Å². The van der Waals surface area contributed by atoms with Crippen LogP contribution in [0.4, 0.5) is 5.88 Å². The zero-order valence-electron chi connectivity index (χ0n) is 17.7. The highest BCUT2D eigenvalue weighted by Gasteiger charge is 2.50. The van der Waals surface area contributed by atoms with E-state index in [1.165, 1.54) is 6.92 Å². The van der Waals surface area contributed by atoms with Crippen molar-refractivity contribution < 1.29 is 27.6 Å². The molecule has 1 atom stereocenters. The van der Waals surface area contributed by atoms with Crippen LogP contribution in [0.25, 0.3) is 0 Å². The van der Waals surface area contributed by atoms with E-state index in [9.17, 15) is 18.3 Å². The highest BCUT2D eigenvalue weighted by atomic mass is 32.2. The Hall–Kier alpha value is -1.45. The molecule has 1 aliphatic rings. The largest absolute Gasteiger partial charge is 0.396 e. The molecule has 8 nitrogen and oxygen atoms in total. The van der Waals surface area contributed by atoms with Gasteiger partial charge in [0.2, 0.25) is 11.8 Å². The van der Waals surface area contributed by atoms with E-state index in [1.807, 2.05) is 34.6 Å². The number of sulfone groups is 1. The number of carbonyl (C=O) groups is 1. The van der Waals surface area contributed by atoms with E-state index in [4.69, 9.17) is 9.26 Å². The van der Waals surface area contributed by atoms with Crippen LogP contribution in [-0.2, 0) is 24.8 Å². The van der Waals surface area contributed by atoms with E-state index in [-0.39, 0.29) is 17.7 Å². The van der Waals surface area contributed by atoms with E-state index in [0.717, 1.165) is 0 Å². The third kappa shape index (κ3) is 5.33. The van der Waals surface area contributed by atoms with Crippen molar-refractivity contribution in [3.63, 3.8) is 0 Å². The molecule has 1 fully saturated rings. The quantitative estimate of drug-likeness (QED) is 0.729. The number of nitrogens with zero attached hydrogens (tertiary/aromatic N) is 1. The lowest BCUT2D eigenvalue weighted by Gasteiger charge is -2.33. The molecule has 1 aromatic rings. The van der Waals surface area contributed by atoms with Gasteiger partial charge < -0.3 is 14.4 Å². The van der Waals surface area contributed by atoms with E-state index in [1.54, 1.807) is 6.07 Å². The molecule has 0 bridgehead atoms. The fourth-order valence-electron chi connectivity index (χ4n) is 2.88. The maximum Gasteiger partial charge on any atom is 0.248 e. The molecule has 1 aliphatic heterocycles. The Morgan fingerprint density at radius 1 is 1.25 bits per heavy atom. The maximum atomic E-state index is 13.1. The molecular weight excluding hydrogens is 384 g/mol. The van der Waals surface area contributed by atoms with Crippen LogP contribution in [0.3, 0.4) is 0 Å². The second kappa shape index (κ2) is 9.84. The average molecular weight is 419 g/mol. The van der Waals surface area contributed by atoms with Gasteiger partial charge in [0.1, 0.15) is 0 Å². The molecule has 1 amide bonds. The molecule has 2 rings (SSSR count). The summed E-state index contributed by atoms with van der Waals surface area (Å²) in [5, 5.41) is 15.1. The lowest BCUT2D eigenvalue weighted by Crippen LogP contribution is -2.52. The van der Waals surface area contributed by atoms with Gasteiger partial charge in [0.15, 0.2) is 14.6 Å². The average Bonchev–Trinajstić information content (AvgIpc) is 3.13. The minimum atomic E-state index is -3.84. The molecule has 2 N–H and O–H groups in total. The first-order chi connectivity index (χ1) is 13.0. The Bertz CT molecular complexity index is 732. The summed E-state index contributed by atoms with van der Waals surface area (Å²) in [6.45, 7) is 11.5. The monoisotopic (exact) mass is 418 g/mol. The number of aliphatic hydroxyl groups is 1. The van der Waals surface area contributed by atoms with Gasteiger partial charge in [-0.05, 0) is 26.2 Å². The van der Waals surface area contributed by atoms with Crippen LogP contribution in [-0.4, -0.2) is 54.4 Å². The summed E-state index contributed by atoms with van der Waals surface area (Å²) < 4.78 is 34.8. The summed E-state index contributed by atoms with van der Waals surface area (Å²) in [6, 6.07) is 1.58.